The van der Waals surface area contributed by atoms with E-state index < -0.39 is 10.0 Å². The largest absolute Gasteiger partial charge is 0.366 e. The molecule has 0 aromatic carbocycles. The molecule has 0 atom stereocenters. The number of anilines is 1. The van der Waals surface area contributed by atoms with Crippen molar-refractivity contribution in [3.63, 3.8) is 0 Å². The number of sulfonamides is 1. The third kappa shape index (κ3) is 3.49. The van der Waals surface area contributed by atoms with E-state index in [9.17, 15) is 8.42 Å². The molecule has 0 unspecified atom stereocenters. The number of imidazole rings is 1. The molecule has 2 N–H and O–H groups in total. The van der Waals surface area contributed by atoms with E-state index in [-0.39, 0.29) is 0 Å². The molecule has 34 heavy (non-hydrogen) atoms. The van der Waals surface area contributed by atoms with Crippen molar-refractivity contribution in [3.05, 3.63) is 36.9 Å². The van der Waals surface area contributed by atoms with Crippen LogP contribution in [0.2, 0.25) is 0 Å². The van der Waals surface area contributed by atoms with Crippen LogP contribution in [-0.4, -0.2) is 85.1 Å². The first kappa shape index (κ1) is 20.7. The van der Waals surface area contributed by atoms with Gasteiger partial charge in [0.15, 0.2) is 11.5 Å². The zero-order chi connectivity index (χ0) is 23.4. The van der Waals surface area contributed by atoms with E-state index in [0.29, 0.717) is 43.2 Å². The highest BCUT2D eigenvalue weighted by atomic mass is 32.2. The summed E-state index contributed by atoms with van der Waals surface area (Å²) in [7, 11) is -1.33. The molecule has 0 aliphatic carbocycles. The molecule has 0 radical (unpaired) electrons. The molecule has 0 saturated carbocycles. The van der Waals surface area contributed by atoms with E-state index in [1.807, 2.05) is 25.4 Å². The molecule has 1 aliphatic heterocycles. The number of aryl methyl sites for hydroxylation is 1. The van der Waals surface area contributed by atoms with Gasteiger partial charge in [0.2, 0.25) is 10.0 Å². The number of pyridine rings is 2. The highest BCUT2D eigenvalue weighted by molar-refractivity contribution is 7.88. The minimum Gasteiger partial charge on any atom is -0.366 e. The number of hydrogen-bond acceptors (Lipinski definition) is 8. The van der Waals surface area contributed by atoms with Crippen molar-refractivity contribution in [1.82, 2.24) is 44.2 Å². The lowest BCUT2D eigenvalue weighted by atomic mass is 10.2. The number of H-pyrrole nitrogens is 2. The Morgan fingerprint density at radius 3 is 2.53 bits per heavy atom. The molecule has 0 bridgehead atoms. The van der Waals surface area contributed by atoms with Crippen LogP contribution >= 0.6 is 0 Å². The maximum absolute atomic E-state index is 11.9. The minimum absolute atomic E-state index is 0.428. The first-order valence-electron chi connectivity index (χ1n) is 10.7. The van der Waals surface area contributed by atoms with Gasteiger partial charge in [-0.15, -0.1) is 0 Å². The predicted molar refractivity (Wildman–Crippen MR) is 128 cm³/mol. The quantitative estimate of drug-likeness (QED) is 0.395. The van der Waals surface area contributed by atoms with Crippen LogP contribution in [0.4, 0.5) is 5.69 Å². The maximum Gasteiger partial charge on any atom is 0.211 e. The second-order valence-electron chi connectivity index (χ2n) is 8.36. The number of hydrogen-bond donors (Lipinski definition) is 2. The summed E-state index contributed by atoms with van der Waals surface area (Å²) in [6.45, 7) is 1.99. The summed E-state index contributed by atoms with van der Waals surface area (Å²) in [6.07, 6.45) is 8.43. The van der Waals surface area contributed by atoms with Gasteiger partial charge in [0.05, 0.1) is 47.3 Å². The van der Waals surface area contributed by atoms with E-state index in [2.05, 4.69) is 30.2 Å². The second-order valence-corrected chi connectivity index (χ2v) is 10.3. The smallest absolute Gasteiger partial charge is 0.211 e. The standard InChI is InChI=1S/C21H22N10O2S/c1-29-12-13(9-23-29)14-3-4-15-19(24-14)20(28-27-15)21-25-16-10-22-11-17(18(16)26-21)30-5-7-31(8-6-30)34(2,32)33/h3-4,9-12H,5-8H2,1-2H3,(H,25,26)(H,27,28). The molecule has 6 heterocycles. The van der Waals surface area contributed by atoms with Crippen LogP contribution in [-0.2, 0) is 17.1 Å². The van der Waals surface area contributed by atoms with Gasteiger partial charge in [-0.3, -0.25) is 14.8 Å². The third-order valence-electron chi connectivity index (χ3n) is 6.06. The molecular formula is C21H22N10O2S. The molecule has 174 valence electrons. The highest BCUT2D eigenvalue weighted by Gasteiger charge is 2.25. The Hall–Kier alpha value is -3.84. The van der Waals surface area contributed by atoms with Crippen LogP contribution in [0.5, 0.6) is 0 Å². The summed E-state index contributed by atoms with van der Waals surface area (Å²) in [6, 6.07) is 3.87. The molecule has 12 nitrogen and oxygen atoms in total. The van der Waals surface area contributed by atoms with E-state index in [1.165, 1.54) is 10.6 Å². The molecule has 1 aliphatic rings. The Bertz CT molecular complexity index is 1630. The van der Waals surface area contributed by atoms with Crippen molar-refractivity contribution in [3.8, 4) is 22.8 Å². The number of aromatic amines is 2. The summed E-state index contributed by atoms with van der Waals surface area (Å²) in [5.74, 6) is 0.584. The molecule has 13 heteroatoms. The van der Waals surface area contributed by atoms with Crippen molar-refractivity contribution in [2.75, 3.05) is 37.3 Å². The lowest BCUT2D eigenvalue weighted by Crippen LogP contribution is -2.48. The second kappa shape index (κ2) is 7.60. The van der Waals surface area contributed by atoms with Gasteiger partial charge in [-0.25, -0.2) is 18.4 Å². The zero-order valence-electron chi connectivity index (χ0n) is 18.6. The van der Waals surface area contributed by atoms with E-state index in [1.54, 1.807) is 23.3 Å². The highest BCUT2D eigenvalue weighted by Crippen LogP contribution is 2.31. The summed E-state index contributed by atoms with van der Waals surface area (Å²) in [4.78, 5) is 19.5. The van der Waals surface area contributed by atoms with Crippen LogP contribution in [0.25, 0.3) is 44.8 Å². The summed E-state index contributed by atoms with van der Waals surface area (Å²) in [5.41, 5.74) is 6.23. The van der Waals surface area contributed by atoms with Crippen LogP contribution in [0.3, 0.4) is 0 Å². The van der Waals surface area contributed by atoms with Gasteiger partial charge in [-0.05, 0) is 12.1 Å². The van der Waals surface area contributed by atoms with Gasteiger partial charge >= 0.3 is 0 Å². The molecule has 1 fully saturated rings. The number of fused-ring (bicyclic) bond motifs is 2. The molecule has 5 aromatic rings. The molecule has 1 saturated heterocycles. The fourth-order valence-corrected chi connectivity index (χ4v) is 5.13. The number of aromatic nitrogens is 8. The lowest BCUT2D eigenvalue weighted by Gasteiger charge is -2.34. The van der Waals surface area contributed by atoms with Gasteiger partial charge in [0, 0.05) is 45.0 Å². The van der Waals surface area contributed by atoms with Crippen LogP contribution in [0.15, 0.2) is 36.9 Å². The van der Waals surface area contributed by atoms with Crippen molar-refractivity contribution in [1.29, 1.82) is 0 Å². The number of piperazine rings is 1. The van der Waals surface area contributed by atoms with Crippen LogP contribution in [0, 0.1) is 0 Å². The van der Waals surface area contributed by atoms with Crippen molar-refractivity contribution >= 4 is 37.8 Å². The molecule has 5 aromatic heterocycles. The average molecular weight is 479 g/mol. The monoisotopic (exact) mass is 478 g/mol. The first-order valence-corrected chi connectivity index (χ1v) is 12.6. The average Bonchev–Trinajstić information content (AvgIpc) is 3.55. The number of rotatable bonds is 4. The van der Waals surface area contributed by atoms with E-state index in [0.717, 1.165) is 33.5 Å². The number of nitrogens with one attached hydrogen (secondary N) is 2. The van der Waals surface area contributed by atoms with Gasteiger partial charge in [0.25, 0.3) is 0 Å². The van der Waals surface area contributed by atoms with Gasteiger partial charge in [-0.2, -0.15) is 14.5 Å². The minimum atomic E-state index is -3.20. The van der Waals surface area contributed by atoms with Crippen molar-refractivity contribution < 1.29 is 8.42 Å². The Balaban J connectivity index is 1.38. The van der Waals surface area contributed by atoms with Gasteiger partial charge in [-0.1, -0.05) is 0 Å². The maximum atomic E-state index is 11.9. The molecule has 6 rings (SSSR count). The topological polar surface area (TPSA) is 142 Å². The molecule has 0 spiro atoms. The van der Waals surface area contributed by atoms with Crippen molar-refractivity contribution in [2.24, 2.45) is 7.05 Å². The number of nitrogens with zero attached hydrogens (tertiary/aromatic N) is 8. The molecule has 0 amide bonds. The van der Waals surface area contributed by atoms with Crippen LogP contribution in [0.1, 0.15) is 0 Å². The summed E-state index contributed by atoms with van der Waals surface area (Å²) >= 11 is 0. The summed E-state index contributed by atoms with van der Waals surface area (Å²) < 4.78 is 26.9. The Morgan fingerprint density at radius 1 is 0.971 bits per heavy atom. The van der Waals surface area contributed by atoms with Gasteiger partial charge < -0.3 is 9.88 Å². The first-order chi connectivity index (χ1) is 16.4. The molecular weight excluding hydrogens is 456 g/mol. The fraction of sp³-hybridized carbons (Fsp3) is 0.286. The third-order valence-corrected chi connectivity index (χ3v) is 7.36. The lowest BCUT2D eigenvalue weighted by molar-refractivity contribution is 0.388. The zero-order valence-corrected chi connectivity index (χ0v) is 19.4. The van der Waals surface area contributed by atoms with Gasteiger partial charge in [0.1, 0.15) is 11.0 Å². The Morgan fingerprint density at radius 2 is 1.79 bits per heavy atom. The van der Waals surface area contributed by atoms with E-state index in [4.69, 9.17) is 9.97 Å². The van der Waals surface area contributed by atoms with Crippen LogP contribution < -0.4 is 4.90 Å². The Kier molecular flexibility index (Phi) is 4.64. The SMILES string of the molecule is Cn1cc(-c2ccc3[nH]nc(-c4nc5c(N6CCN(S(C)(=O)=O)CC6)cncc5[nH]4)c3n2)cn1. The summed E-state index contributed by atoms with van der Waals surface area (Å²) in [5, 5.41) is 11.7. The predicted octanol–water partition coefficient (Wildman–Crippen LogP) is 1.38. The van der Waals surface area contributed by atoms with Crippen molar-refractivity contribution in [2.45, 2.75) is 0 Å². The normalized spacial score (nSPS) is 15.5. The van der Waals surface area contributed by atoms with E-state index >= 15 is 0 Å². The fourth-order valence-electron chi connectivity index (χ4n) is 4.30. The Labute approximate surface area is 194 Å².